The summed E-state index contributed by atoms with van der Waals surface area (Å²) in [7, 11) is 4.36. The number of thioether (sulfide) groups is 1. The van der Waals surface area contributed by atoms with Gasteiger partial charge in [0.25, 0.3) is 5.78 Å². The number of anilines is 1. The van der Waals surface area contributed by atoms with E-state index in [1.807, 2.05) is 31.2 Å². The molecule has 2 heterocycles. The van der Waals surface area contributed by atoms with Gasteiger partial charge in [0.2, 0.25) is 10.9 Å². The van der Waals surface area contributed by atoms with E-state index in [9.17, 15) is 19.1 Å². The Morgan fingerprint density at radius 2 is 1.64 bits per heavy atom. The lowest BCUT2D eigenvalue weighted by Gasteiger charge is -2.24. The summed E-state index contributed by atoms with van der Waals surface area (Å²) in [5.41, 5.74) is 3.12. The van der Waals surface area contributed by atoms with Gasteiger partial charge in [-0.15, -0.1) is 10.2 Å². The van der Waals surface area contributed by atoms with E-state index in [2.05, 4.69) is 10.2 Å². The van der Waals surface area contributed by atoms with Gasteiger partial charge in [-0.2, -0.15) is 0 Å². The molecule has 4 aromatic carbocycles. The fourth-order valence-electron chi connectivity index (χ4n) is 5.55. The van der Waals surface area contributed by atoms with Crippen LogP contribution in [0.5, 0.6) is 23.0 Å². The Kier molecular flexibility index (Phi) is 10.3. The number of nitrogens with zero attached hydrogens (tertiary/aromatic N) is 3. The van der Waals surface area contributed by atoms with Crippen molar-refractivity contribution in [1.29, 1.82) is 0 Å². The molecule has 0 saturated carbocycles. The molecule has 1 aromatic heterocycles. The predicted molar refractivity (Wildman–Crippen MR) is 189 cm³/mol. The summed E-state index contributed by atoms with van der Waals surface area (Å²) in [5.74, 6) is -0.874. The normalized spacial score (nSPS) is 15.3. The molecule has 0 radical (unpaired) electrons. The van der Waals surface area contributed by atoms with E-state index < -0.39 is 23.5 Å². The van der Waals surface area contributed by atoms with E-state index in [0.29, 0.717) is 39.1 Å². The lowest BCUT2D eigenvalue weighted by atomic mass is 9.94. The van der Waals surface area contributed by atoms with Crippen molar-refractivity contribution < 1.29 is 38.0 Å². The molecule has 256 valence electrons. The van der Waals surface area contributed by atoms with E-state index in [1.165, 1.54) is 44.1 Å². The van der Waals surface area contributed by atoms with Crippen LogP contribution in [-0.4, -0.2) is 48.3 Å². The molecule has 13 heteroatoms. The maximum Gasteiger partial charge on any atom is 0.301 e. The van der Waals surface area contributed by atoms with Crippen LogP contribution in [0.2, 0.25) is 0 Å². The highest BCUT2D eigenvalue weighted by Crippen LogP contribution is 2.48. The number of hydrogen-bond donors (Lipinski definition) is 1. The van der Waals surface area contributed by atoms with Crippen LogP contribution in [0.15, 0.2) is 94.8 Å². The molecule has 1 amide bonds. The second kappa shape index (κ2) is 15.0. The lowest BCUT2D eigenvalue weighted by molar-refractivity contribution is -0.132. The SMILES string of the molecule is COc1cc(C2/C(=C(\O)c3ccc(OCc4cccc(C)c4)cc3)C(=O)C(=O)N2c2nnc(SCc3ccccc3F)s2)cc(OC)c1OC. The van der Waals surface area contributed by atoms with Gasteiger partial charge >= 0.3 is 5.91 Å². The van der Waals surface area contributed by atoms with Crippen LogP contribution in [-0.2, 0) is 21.9 Å². The predicted octanol–water partition coefficient (Wildman–Crippen LogP) is 7.51. The highest BCUT2D eigenvalue weighted by molar-refractivity contribution is 8.00. The fraction of sp³-hybridized carbons (Fsp3) is 0.189. The van der Waals surface area contributed by atoms with Crippen molar-refractivity contribution in [2.24, 2.45) is 0 Å². The fourth-order valence-corrected chi connectivity index (χ4v) is 7.40. The topological polar surface area (TPSA) is 120 Å². The van der Waals surface area contributed by atoms with Gasteiger partial charge in [-0.3, -0.25) is 14.5 Å². The number of methoxy groups -OCH3 is 3. The third-order valence-corrected chi connectivity index (χ3v) is 10.1. The Morgan fingerprint density at radius 3 is 2.30 bits per heavy atom. The van der Waals surface area contributed by atoms with Crippen LogP contribution >= 0.6 is 23.1 Å². The van der Waals surface area contributed by atoms with Crippen LogP contribution in [0.1, 0.15) is 33.9 Å². The number of Topliss-reactive ketones (excluding diaryl/α,β-unsaturated/α-hetero) is 1. The molecule has 1 atom stereocenters. The molecule has 0 bridgehead atoms. The van der Waals surface area contributed by atoms with Crippen LogP contribution in [0.25, 0.3) is 5.76 Å². The largest absolute Gasteiger partial charge is 0.507 e. The molecular weight excluding hydrogens is 682 g/mol. The van der Waals surface area contributed by atoms with Gasteiger partial charge in [-0.25, -0.2) is 4.39 Å². The summed E-state index contributed by atoms with van der Waals surface area (Å²) in [6.07, 6.45) is 0. The molecule has 1 N–H and O–H groups in total. The zero-order valence-corrected chi connectivity index (χ0v) is 29.1. The standard InChI is InChI=1S/C37H32FN3O7S2/c1-21-8-7-9-22(16-21)19-48-26-14-12-23(13-15-26)32(42)30-31(25-17-28(45-2)34(47-4)29(18-25)46-3)41(35(44)33(30)43)36-39-40-37(50-36)49-20-24-10-5-6-11-27(24)38/h5-18,31,42H,19-20H2,1-4H3/b32-30+. The van der Waals surface area contributed by atoms with Gasteiger partial charge in [-0.05, 0) is 66.1 Å². The van der Waals surface area contributed by atoms with Gasteiger partial charge < -0.3 is 24.1 Å². The summed E-state index contributed by atoms with van der Waals surface area (Å²) < 4.78 is 37.3. The van der Waals surface area contributed by atoms with Crippen LogP contribution < -0.4 is 23.8 Å². The second-order valence-electron chi connectivity index (χ2n) is 11.2. The van der Waals surface area contributed by atoms with Gasteiger partial charge in [0.15, 0.2) is 15.8 Å². The Labute approximate surface area is 296 Å². The average Bonchev–Trinajstić information content (AvgIpc) is 3.70. The number of amides is 1. The lowest BCUT2D eigenvalue weighted by Crippen LogP contribution is -2.29. The molecule has 50 heavy (non-hydrogen) atoms. The third-order valence-electron chi connectivity index (χ3n) is 7.97. The van der Waals surface area contributed by atoms with E-state index in [4.69, 9.17) is 18.9 Å². The molecule has 1 unspecified atom stereocenters. The monoisotopic (exact) mass is 713 g/mol. The maximum absolute atomic E-state index is 14.3. The first-order valence-electron chi connectivity index (χ1n) is 15.3. The first kappa shape index (κ1) is 34.5. The number of hydrogen-bond acceptors (Lipinski definition) is 11. The number of halogens is 1. The number of aryl methyl sites for hydroxylation is 1. The maximum atomic E-state index is 14.3. The van der Waals surface area contributed by atoms with Crippen molar-refractivity contribution in [2.75, 3.05) is 26.2 Å². The minimum Gasteiger partial charge on any atom is -0.507 e. The number of carbonyl (C=O) groups excluding carboxylic acids is 2. The zero-order valence-electron chi connectivity index (χ0n) is 27.5. The number of aliphatic hydroxyl groups excluding tert-OH is 1. The molecule has 0 aliphatic carbocycles. The van der Waals surface area contributed by atoms with Crippen molar-refractivity contribution >= 4 is 45.7 Å². The minimum atomic E-state index is -1.15. The van der Waals surface area contributed by atoms with E-state index in [1.54, 1.807) is 54.6 Å². The van der Waals surface area contributed by atoms with Gasteiger partial charge in [0, 0.05) is 11.3 Å². The van der Waals surface area contributed by atoms with Crippen molar-refractivity contribution in [2.45, 2.75) is 29.7 Å². The number of benzene rings is 4. The Hall–Kier alpha value is -5.40. The number of aromatic nitrogens is 2. The van der Waals surface area contributed by atoms with Gasteiger partial charge in [-0.1, -0.05) is 71.1 Å². The molecule has 1 aliphatic rings. The summed E-state index contributed by atoms with van der Waals surface area (Å²) in [6, 6.07) is 23.0. The van der Waals surface area contributed by atoms with E-state index >= 15 is 0 Å². The van der Waals surface area contributed by atoms with Crippen LogP contribution in [0.3, 0.4) is 0 Å². The Bertz CT molecular complexity index is 2060. The Balaban J connectivity index is 1.38. The minimum absolute atomic E-state index is 0.112. The number of rotatable bonds is 12. The second-order valence-corrected chi connectivity index (χ2v) is 13.3. The first-order chi connectivity index (χ1) is 24.2. The zero-order chi connectivity index (χ0) is 35.4. The molecule has 10 nitrogen and oxygen atoms in total. The molecular formula is C37H32FN3O7S2. The average molecular weight is 714 g/mol. The van der Waals surface area contributed by atoms with Crippen molar-refractivity contribution in [3.8, 4) is 23.0 Å². The summed E-state index contributed by atoms with van der Waals surface area (Å²) >= 11 is 2.31. The highest BCUT2D eigenvalue weighted by Gasteiger charge is 2.49. The van der Waals surface area contributed by atoms with Crippen LogP contribution in [0.4, 0.5) is 9.52 Å². The molecule has 1 aliphatic heterocycles. The van der Waals surface area contributed by atoms with Crippen molar-refractivity contribution in [1.82, 2.24) is 10.2 Å². The number of ketones is 1. The van der Waals surface area contributed by atoms with E-state index in [0.717, 1.165) is 22.5 Å². The van der Waals surface area contributed by atoms with Gasteiger partial charge in [0.05, 0.1) is 32.9 Å². The number of ether oxygens (including phenoxy) is 4. The van der Waals surface area contributed by atoms with E-state index in [-0.39, 0.29) is 33.8 Å². The van der Waals surface area contributed by atoms with Crippen molar-refractivity contribution in [3.63, 3.8) is 0 Å². The smallest absolute Gasteiger partial charge is 0.301 e. The number of carbonyl (C=O) groups is 2. The molecule has 5 aromatic rings. The first-order valence-corrected chi connectivity index (χ1v) is 17.1. The number of aliphatic hydroxyl groups is 1. The van der Waals surface area contributed by atoms with Crippen LogP contribution in [0, 0.1) is 12.7 Å². The highest BCUT2D eigenvalue weighted by atomic mass is 32.2. The molecule has 1 fully saturated rings. The van der Waals surface area contributed by atoms with Gasteiger partial charge in [0.1, 0.15) is 23.9 Å². The summed E-state index contributed by atoms with van der Waals surface area (Å²) in [6.45, 7) is 2.36. The third kappa shape index (κ3) is 7.00. The molecule has 6 rings (SSSR count). The molecule has 0 spiro atoms. The summed E-state index contributed by atoms with van der Waals surface area (Å²) in [5, 5.41) is 20.3. The molecule has 1 saturated heterocycles. The summed E-state index contributed by atoms with van der Waals surface area (Å²) in [4.78, 5) is 28.8. The Morgan fingerprint density at radius 1 is 0.920 bits per heavy atom. The van der Waals surface area contributed by atoms with Crippen molar-refractivity contribution in [3.05, 3.63) is 124 Å². The quantitative estimate of drug-likeness (QED) is 0.0457.